The predicted molar refractivity (Wildman–Crippen MR) is 61.0 cm³/mol. The molecule has 0 aliphatic heterocycles. The molecule has 1 heterocycles. The van der Waals surface area contributed by atoms with Crippen molar-refractivity contribution in [2.45, 2.75) is 12.5 Å². The standard InChI is InChI=1S/C12H12N2O3/c1-3-5-10(12(16)17-2)14-11(15)9-6-4-7-13-8-9/h1,4,6-8,10H,5H2,2H3,(H,14,15)/t10-/m1/s1. The molecule has 1 rings (SSSR count). The first-order valence-corrected chi connectivity index (χ1v) is 4.91. The summed E-state index contributed by atoms with van der Waals surface area (Å²) in [7, 11) is 1.24. The van der Waals surface area contributed by atoms with E-state index >= 15 is 0 Å². The molecule has 5 nitrogen and oxygen atoms in total. The zero-order chi connectivity index (χ0) is 12.7. The molecule has 17 heavy (non-hydrogen) atoms. The molecular weight excluding hydrogens is 220 g/mol. The Morgan fingerprint density at radius 1 is 1.65 bits per heavy atom. The largest absolute Gasteiger partial charge is 0.467 e. The molecule has 0 aromatic carbocycles. The minimum atomic E-state index is -0.835. The van der Waals surface area contributed by atoms with Gasteiger partial charge in [-0.05, 0) is 12.1 Å². The lowest BCUT2D eigenvalue weighted by atomic mass is 10.2. The number of carbonyl (C=O) groups is 2. The van der Waals surface area contributed by atoms with Crippen LogP contribution in [0.1, 0.15) is 16.8 Å². The van der Waals surface area contributed by atoms with E-state index in [9.17, 15) is 9.59 Å². The lowest BCUT2D eigenvalue weighted by Crippen LogP contribution is -2.41. The molecule has 0 saturated carbocycles. The fraction of sp³-hybridized carbons (Fsp3) is 0.250. The molecule has 0 radical (unpaired) electrons. The Hall–Kier alpha value is -2.35. The van der Waals surface area contributed by atoms with E-state index in [1.54, 1.807) is 18.3 Å². The second-order valence-corrected chi connectivity index (χ2v) is 3.20. The minimum Gasteiger partial charge on any atom is -0.467 e. The molecule has 1 N–H and O–H groups in total. The second kappa shape index (κ2) is 6.28. The van der Waals surface area contributed by atoms with E-state index in [0.717, 1.165) is 0 Å². The van der Waals surface area contributed by atoms with Crippen molar-refractivity contribution in [2.75, 3.05) is 7.11 Å². The third-order valence-electron chi connectivity index (χ3n) is 2.04. The fourth-order valence-electron chi connectivity index (χ4n) is 1.19. The van der Waals surface area contributed by atoms with Crippen molar-refractivity contribution in [3.05, 3.63) is 30.1 Å². The molecule has 1 atom stereocenters. The van der Waals surface area contributed by atoms with Gasteiger partial charge in [-0.15, -0.1) is 12.3 Å². The van der Waals surface area contributed by atoms with Gasteiger partial charge >= 0.3 is 5.97 Å². The quantitative estimate of drug-likeness (QED) is 0.601. The summed E-state index contributed by atoms with van der Waals surface area (Å²) in [5.74, 6) is 1.33. The van der Waals surface area contributed by atoms with Crippen LogP contribution in [0.4, 0.5) is 0 Å². The number of ether oxygens (including phenoxy) is 1. The summed E-state index contributed by atoms with van der Waals surface area (Å²) in [6.45, 7) is 0. The van der Waals surface area contributed by atoms with E-state index in [0.29, 0.717) is 5.56 Å². The zero-order valence-electron chi connectivity index (χ0n) is 9.34. The summed E-state index contributed by atoms with van der Waals surface area (Å²) < 4.78 is 4.54. The third kappa shape index (κ3) is 3.61. The van der Waals surface area contributed by atoms with Crippen molar-refractivity contribution in [1.29, 1.82) is 0 Å². The highest BCUT2D eigenvalue weighted by molar-refractivity contribution is 5.96. The molecule has 1 aromatic rings. The van der Waals surface area contributed by atoms with Crippen molar-refractivity contribution in [3.63, 3.8) is 0 Å². The summed E-state index contributed by atoms with van der Waals surface area (Å²) in [5.41, 5.74) is 0.360. The number of terminal acetylenes is 1. The smallest absolute Gasteiger partial charge is 0.329 e. The molecule has 0 unspecified atom stereocenters. The summed E-state index contributed by atoms with van der Waals surface area (Å²) in [6.07, 6.45) is 8.15. The number of nitrogens with zero attached hydrogens (tertiary/aromatic N) is 1. The maximum absolute atomic E-state index is 11.7. The topological polar surface area (TPSA) is 68.3 Å². The number of pyridine rings is 1. The molecule has 88 valence electrons. The van der Waals surface area contributed by atoms with Crippen LogP contribution in [0.15, 0.2) is 24.5 Å². The van der Waals surface area contributed by atoms with Gasteiger partial charge in [-0.2, -0.15) is 0 Å². The summed E-state index contributed by atoms with van der Waals surface area (Å²) in [5, 5.41) is 2.49. The molecular formula is C12H12N2O3. The van der Waals surface area contributed by atoms with Crippen LogP contribution in [0.2, 0.25) is 0 Å². The van der Waals surface area contributed by atoms with Crippen molar-refractivity contribution in [1.82, 2.24) is 10.3 Å². The van der Waals surface area contributed by atoms with Crippen LogP contribution in [0.5, 0.6) is 0 Å². The third-order valence-corrected chi connectivity index (χ3v) is 2.04. The first-order chi connectivity index (χ1) is 8.19. The van der Waals surface area contributed by atoms with Crippen LogP contribution < -0.4 is 5.32 Å². The lowest BCUT2D eigenvalue weighted by molar-refractivity contribution is -0.142. The van der Waals surface area contributed by atoms with E-state index in [4.69, 9.17) is 6.42 Å². The monoisotopic (exact) mass is 232 g/mol. The van der Waals surface area contributed by atoms with E-state index in [-0.39, 0.29) is 6.42 Å². The molecule has 1 amide bonds. The Labute approximate surface area is 99.2 Å². The Bertz CT molecular complexity index is 437. The van der Waals surface area contributed by atoms with Gasteiger partial charge in [-0.3, -0.25) is 9.78 Å². The normalized spacial score (nSPS) is 11.1. The van der Waals surface area contributed by atoms with Gasteiger partial charge in [0.15, 0.2) is 0 Å². The van der Waals surface area contributed by atoms with Crippen LogP contribution in [-0.2, 0) is 9.53 Å². The van der Waals surface area contributed by atoms with Gasteiger partial charge in [-0.1, -0.05) is 0 Å². The van der Waals surface area contributed by atoms with E-state index in [2.05, 4.69) is 21.0 Å². The fourth-order valence-corrected chi connectivity index (χ4v) is 1.19. The predicted octanol–water partition coefficient (Wildman–Crippen LogP) is 0.376. The van der Waals surface area contributed by atoms with E-state index < -0.39 is 17.9 Å². The number of hydrogen-bond donors (Lipinski definition) is 1. The minimum absolute atomic E-state index is 0.0820. The molecule has 0 spiro atoms. The Balaban J connectivity index is 2.72. The van der Waals surface area contributed by atoms with Crippen molar-refractivity contribution in [2.24, 2.45) is 0 Å². The maximum atomic E-state index is 11.7. The van der Waals surface area contributed by atoms with Crippen LogP contribution in [0.3, 0.4) is 0 Å². The number of nitrogens with one attached hydrogen (secondary N) is 1. The van der Waals surface area contributed by atoms with E-state index in [1.807, 2.05) is 0 Å². The van der Waals surface area contributed by atoms with Crippen molar-refractivity contribution < 1.29 is 14.3 Å². The SMILES string of the molecule is C#CC[C@@H](NC(=O)c1cccnc1)C(=O)OC. The Kier molecular flexibility index (Phi) is 4.70. The molecule has 0 fully saturated rings. The Morgan fingerprint density at radius 2 is 2.41 bits per heavy atom. The summed E-state index contributed by atoms with van der Waals surface area (Å²) in [6, 6.07) is 2.38. The van der Waals surface area contributed by atoms with Gasteiger partial charge in [-0.25, -0.2) is 4.79 Å². The van der Waals surface area contributed by atoms with Gasteiger partial charge in [0.25, 0.3) is 5.91 Å². The zero-order valence-corrected chi connectivity index (χ0v) is 9.34. The van der Waals surface area contributed by atoms with Gasteiger partial charge in [0.1, 0.15) is 6.04 Å². The molecule has 0 saturated heterocycles. The Morgan fingerprint density at radius 3 is 2.94 bits per heavy atom. The molecule has 0 aliphatic carbocycles. The summed E-state index contributed by atoms with van der Waals surface area (Å²) in [4.78, 5) is 26.9. The van der Waals surface area contributed by atoms with Crippen molar-refractivity contribution >= 4 is 11.9 Å². The average Bonchev–Trinajstić information content (AvgIpc) is 2.38. The number of methoxy groups -OCH3 is 1. The van der Waals surface area contributed by atoms with Crippen LogP contribution in [0.25, 0.3) is 0 Å². The number of rotatable bonds is 4. The lowest BCUT2D eigenvalue weighted by Gasteiger charge is -2.13. The van der Waals surface area contributed by atoms with Gasteiger partial charge in [0.2, 0.25) is 0 Å². The number of esters is 1. The number of amides is 1. The molecule has 1 aromatic heterocycles. The average molecular weight is 232 g/mol. The van der Waals surface area contributed by atoms with E-state index in [1.165, 1.54) is 13.3 Å². The summed E-state index contributed by atoms with van der Waals surface area (Å²) >= 11 is 0. The van der Waals surface area contributed by atoms with Crippen molar-refractivity contribution in [3.8, 4) is 12.3 Å². The van der Waals surface area contributed by atoms with Crippen LogP contribution in [0, 0.1) is 12.3 Å². The molecule has 0 bridgehead atoms. The number of aromatic nitrogens is 1. The highest BCUT2D eigenvalue weighted by Crippen LogP contribution is 1.99. The first kappa shape index (κ1) is 12.7. The number of carbonyl (C=O) groups excluding carboxylic acids is 2. The highest BCUT2D eigenvalue weighted by Gasteiger charge is 2.20. The maximum Gasteiger partial charge on any atom is 0.329 e. The highest BCUT2D eigenvalue weighted by atomic mass is 16.5. The second-order valence-electron chi connectivity index (χ2n) is 3.20. The number of hydrogen-bond acceptors (Lipinski definition) is 4. The first-order valence-electron chi connectivity index (χ1n) is 4.91. The molecule has 0 aliphatic rings. The van der Waals surface area contributed by atoms with Gasteiger partial charge < -0.3 is 10.1 Å². The van der Waals surface area contributed by atoms with Gasteiger partial charge in [0, 0.05) is 18.8 Å². The molecule has 5 heteroatoms. The van der Waals surface area contributed by atoms with Crippen LogP contribution in [-0.4, -0.2) is 30.0 Å². The van der Waals surface area contributed by atoms with Gasteiger partial charge in [0.05, 0.1) is 12.7 Å². The van der Waals surface area contributed by atoms with Crippen LogP contribution >= 0.6 is 0 Å².